The summed E-state index contributed by atoms with van der Waals surface area (Å²) in [6, 6.07) is 7.58. The Morgan fingerprint density at radius 3 is 2.18 bits per heavy atom. The van der Waals surface area contributed by atoms with Gasteiger partial charge in [0.25, 0.3) is 0 Å². The van der Waals surface area contributed by atoms with Gasteiger partial charge in [0.05, 0.1) is 13.5 Å². The van der Waals surface area contributed by atoms with Crippen molar-refractivity contribution in [1.82, 2.24) is 9.80 Å². The lowest BCUT2D eigenvalue weighted by Crippen LogP contribution is -2.51. The maximum absolute atomic E-state index is 12.3. The monoisotopic (exact) mass is 302 g/mol. The molecule has 1 saturated heterocycles. The van der Waals surface area contributed by atoms with E-state index in [1.165, 1.54) is 0 Å². The van der Waals surface area contributed by atoms with Crippen LogP contribution in [-0.4, -0.2) is 54.9 Å². The Hall–Kier alpha value is -2.04. The highest BCUT2D eigenvalue weighted by molar-refractivity contribution is 5.82. The fourth-order valence-electron chi connectivity index (χ4n) is 2.79. The first-order valence-corrected chi connectivity index (χ1v) is 7.87. The molecule has 1 heterocycles. The smallest absolute Gasteiger partial charge is 0.227 e. The van der Waals surface area contributed by atoms with Gasteiger partial charge in [-0.3, -0.25) is 9.59 Å². The van der Waals surface area contributed by atoms with Crippen LogP contribution in [-0.2, 0) is 16.0 Å². The number of carbonyl (C=O) groups excluding carboxylic acids is 2. The first-order valence-electron chi connectivity index (χ1n) is 7.87. The molecule has 118 valence electrons. The average molecular weight is 302 g/mol. The first kappa shape index (κ1) is 14.9. The SMILES string of the molecule is COc1ccc(CC(=O)N2CCN(C(=O)C3CC3)CC2)cc1. The molecule has 5 nitrogen and oxygen atoms in total. The lowest BCUT2D eigenvalue weighted by molar-refractivity contribution is -0.140. The summed E-state index contributed by atoms with van der Waals surface area (Å²) >= 11 is 0. The first-order chi connectivity index (χ1) is 10.7. The predicted octanol–water partition coefficient (Wildman–Crippen LogP) is 1.32. The summed E-state index contributed by atoms with van der Waals surface area (Å²) in [4.78, 5) is 28.1. The third-order valence-corrected chi connectivity index (χ3v) is 4.39. The number of piperazine rings is 1. The molecular formula is C17H22N2O3. The quantitative estimate of drug-likeness (QED) is 0.843. The minimum Gasteiger partial charge on any atom is -0.497 e. The Morgan fingerprint density at radius 2 is 1.64 bits per heavy atom. The van der Waals surface area contributed by atoms with E-state index in [9.17, 15) is 9.59 Å². The van der Waals surface area contributed by atoms with Crippen LogP contribution in [0.25, 0.3) is 0 Å². The average Bonchev–Trinajstić information content (AvgIpc) is 3.40. The van der Waals surface area contributed by atoms with Crippen molar-refractivity contribution in [3.05, 3.63) is 29.8 Å². The van der Waals surface area contributed by atoms with Crippen LogP contribution in [0, 0.1) is 5.92 Å². The van der Waals surface area contributed by atoms with Gasteiger partial charge in [0.2, 0.25) is 11.8 Å². The summed E-state index contributed by atoms with van der Waals surface area (Å²) in [5.74, 6) is 1.47. The number of rotatable bonds is 4. The van der Waals surface area contributed by atoms with Crippen LogP contribution < -0.4 is 4.74 Å². The van der Waals surface area contributed by atoms with E-state index in [4.69, 9.17) is 4.74 Å². The van der Waals surface area contributed by atoms with E-state index in [2.05, 4.69) is 0 Å². The Morgan fingerprint density at radius 1 is 1.05 bits per heavy atom. The Bertz CT molecular complexity index is 544. The number of hydrogen-bond acceptors (Lipinski definition) is 3. The van der Waals surface area contributed by atoms with Gasteiger partial charge in [0, 0.05) is 32.1 Å². The lowest BCUT2D eigenvalue weighted by atomic mass is 10.1. The summed E-state index contributed by atoms with van der Waals surface area (Å²) in [5.41, 5.74) is 0.988. The summed E-state index contributed by atoms with van der Waals surface area (Å²) in [7, 11) is 1.63. The summed E-state index contributed by atoms with van der Waals surface area (Å²) < 4.78 is 5.12. The number of methoxy groups -OCH3 is 1. The van der Waals surface area contributed by atoms with Crippen LogP contribution in [0.2, 0.25) is 0 Å². The van der Waals surface area contributed by atoms with Crippen LogP contribution in [0.1, 0.15) is 18.4 Å². The molecule has 1 aromatic rings. The zero-order valence-electron chi connectivity index (χ0n) is 13.0. The fraction of sp³-hybridized carbons (Fsp3) is 0.529. The molecule has 2 aliphatic rings. The second-order valence-electron chi connectivity index (χ2n) is 6.01. The van der Waals surface area contributed by atoms with Crippen LogP contribution in [0.5, 0.6) is 5.75 Å². The van der Waals surface area contributed by atoms with Crippen molar-refractivity contribution in [1.29, 1.82) is 0 Å². The fourth-order valence-corrected chi connectivity index (χ4v) is 2.79. The number of amides is 2. The van der Waals surface area contributed by atoms with Gasteiger partial charge in [0.15, 0.2) is 0 Å². The van der Waals surface area contributed by atoms with E-state index in [1.807, 2.05) is 34.1 Å². The van der Waals surface area contributed by atoms with E-state index < -0.39 is 0 Å². The van der Waals surface area contributed by atoms with Gasteiger partial charge in [0.1, 0.15) is 5.75 Å². The molecule has 0 radical (unpaired) electrons. The van der Waals surface area contributed by atoms with Gasteiger partial charge >= 0.3 is 0 Å². The highest BCUT2D eigenvalue weighted by Gasteiger charge is 2.35. The third-order valence-electron chi connectivity index (χ3n) is 4.39. The van der Waals surface area contributed by atoms with Crippen LogP contribution >= 0.6 is 0 Å². The summed E-state index contributed by atoms with van der Waals surface area (Å²) in [5, 5.41) is 0. The third kappa shape index (κ3) is 3.40. The van der Waals surface area contributed by atoms with Crippen LogP contribution in [0.4, 0.5) is 0 Å². The molecule has 0 N–H and O–H groups in total. The number of benzene rings is 1. The Kier molecular flexibility index (Phi) is 4.32. The molecule has 0 spiro atoms. The number of carbonyl (C=O) groups is 2. The predicted molar refractivity (Wildman–Crippen MR) is 82.6 cm³/mol. The van der Waals surface area contributed by atoms with E-state index in [0.29, 0.717) is 32.6 Å². The topological polar surface area (TPSA) is 49.9 Å². The molecule has 1 aliphatic carbocycles. The Labute approximate surface area is 130 Å². The van der Waals surface area contributed by atoms with Crippen molar-refractivity contribution in [2.75, 3.05) is 33.3 Å². The number of ether oxygens (including phenoxy) is 1. The number of nitrogens with zero attached hydrogens (tertiary/aromatic N) is 2. The standard InChI is InChI=1S/C17H22N2O3/c1-22-15-6-2-13(3-7-15)12-16(20)18-8-10-19(11-9-18)17(21)14-4-5-14/h2-3,6-7,14H,4-5,8-12H2,1H3. The van der Waals surface area contributed by atoms with E-state index >= 15 is 0 Å². The molecule has 22 heavy (non-hydrogen) atoms. The van der Waals surface area contributed by atoms with Crippen molar-refractivity contribution >= 4 is 11.8 Å². The molecule has 1 saturated carbocycles. The molecule has 2 fully saturated rings. The maximum Gasteiger partial charge on any atom is 0.227 e. The van der Waals surface area contributed by atoms with Crippen LogP contribution in [0.15, 0.2) is 24.3 Å². The van der Waals surface area contributed by atoms with E-state index in [-0.39, 0.29) is 17.7 Å². The maximum atomic E-state index is 12.3. The molecule has 5 heteroatoms. The van der Waals surface area contributed by atoms with Gasteiger partial charge in [-0.25, -0.2) is 0 Å². The van der Waals surface area contributed by atoms with E-state index in [1.54, 1.807) is 7.11 Å². The normalized spacial score (nSPS) is 18.2. The molecule has 3 rings (SSSR count). The second kappa shape index (κ2) is 6.38. The summed E-state index contributed by atoms with van der Waals surface area (Å²) in [6.07, 6.45) is 2.48. The molecule has 2 amide bonds. The minimum atomic E-state index is 0.128. The van der Waals surface area contributed by atoms with Gasteiger partial charge in [-0.2, -0.15) is 0 Å². The molecule has 0 atom stereocenters. The highest BCUT2D eigenvalue weighted by Crippen LogP contribution is 2.31. The van der Waals surface area contributed by atoms with Crippen molar-refractivity contribution < 1.29 is 14.3 Å². The van der Waals surface area contributed by atoms with Crippen molar-refractivity contribution in [3.8, 4) is 5.75 Å². The molecule has 1 aromatic carbocycles. The van der Waals surface area contributed by atoms with Crippen molar-refractivity contribution in [3.63, 3.8) is 0 Å². The zero-order chi connectivity index (χ0) is 15.5. The van der Waals surface area contributed by atoms with Gasteiger partial charge in [-0.15, -0.1) is 0 Å². The van der Waals surface area contributed by atoms with Crippen molar-refractivity contribution in [2.45, 2.75) is 19.3 Å². The molecule has 0 unspecified atom stereocenters. The second-order valence-corrected chi connectivity index (χ2v) is 6.01. The highest BCUT2D eigenvalue weighted by atomic mass is 16.5. The van der Waals surface area contributed by atoms with Gasteiger partial charge < -0.3 is 14.5 Å². The van der Waals surface area contributed by atoms with Gasteiger partial charge in [-0.1, -0.05) is 12.1 Å². The Balaban J connectivity index is 1.49. The largest absolute Gasteiger partial charge is 0.497 e. The summed E-state index contributed by atoms with van der Waals surface area (Å²) in [6.45, 7) is 2.63. The molecular weight excluding hydrogens is 280 g/mol. The lowest BCUT2D eigenvalue weighted by Gasteiger charge is -2.35. The molecule has 1 aliphatic heterocycles. The number of hydrogen-bond donors (Lipinski definition) is 0. The minimum absolute atomic E-state index is 0.128. The molecule has 0 aromatic heterocycles. The van der Waals surface area contributed by atoms with Gasteiger partial charge in [-0.05, 0) is 30.5 Å². The van der Waals surface area contributed by atoms with Crippen LogP contribution in [0.3, 0.4) is 0 Å². The van der Waals surface area contributed by atoms with E-state index in [0.717, 1.165) is 24.2 Å². The van der Waals surface area contributed by atoms with Crippen molar-refractivity contribution in [2.24, 2.45) is 5.92 Å². The molecule has 0 bridgehead atoms. The zero-order valence-corrected chi connectivity index (χ0v) is 13.0.